The van der Waals surface area contributed by atoms with Crippen molar-refractivity contribution in [1.29, 1.82) is 0 Å². The minimum Gasteiger partial charge on any atom is -0.359 e. The highest BCUT2D eigenvalue weighted by Crippen LogP contribution is 2.35. The highest BCUT2D eigenvalue weighted by atomic mass is 16.8. The lowest BCUT2D eigenvalue weighted by molar-refractivity contribution is -0.793. The van der Waals surface area contributed by atoms with Gasteiger partial charge in [-0.15, -0.1) is 0 Å². The van der Waals surface area contributed by atoms with Crippen molar-refractivity contribution in [2.75, 3.05) is 10.6 Å². The van der Waals surface area contributed by atoms with Crippen molar-refractivity contribution in [3.63, 3.8) is 0 Å². The van der Waals surface area contributed by atoms with E-state index >= 15 is 0 Å². The van der Waals surface area contributed by atoms with Gasteiger partial charge in [0.05, 0.1) is 9.85 Å². The summed E-state index contributed by atoms with van der Waals surface area (Å²) in [6.45, 7) is 2.40. The number of non-ortho nitro benzene ring substituents is 2. The predicted octanol–water partition coefficient (Wildman–Crippen LogP) is 2.38. The number of aromatic nitrogens is 2. The zero-order valence-corrected chi connectivity index (χ0v) is 16.5. The maximum absolute atomic E-state index is 12.3. The van der Waals surface area contributed by atoms with Gasteiger partial charge in [-0.1, -0.05) is 0 Å². The summed E-state index contributed by atoms with van der Waals surface area (Å²) in [6.07, 6.45) is 0. The Hall–Kier alpha value is -4.88. The highest BCUT2D eigenvalue weighted by Gasteiger charge is 2.27. The molecule has 0 aliphatic carbocycles. The summed E-state index contributed by atoms with van der Waals surface area (Å²) in [6, 6.07) is 6.96. The molecule has 1 aromatic heterocycles. The molecule has 0 atom stereocenters. The van der Waals surface area contributed by atoms with Gasteiger partial charge in [0.2, 0.25) is 17.5 Å². The van der Waals surface area contributed by atoms with E-state index in [1.165, 1.54) is 26.0 Å². The number of nitrogens with one attached hydrogen (secondary N) is 2. The number of nitrogens with zero attached hydrogens (tertiary/aromatic N) is 4. The van der Waals surface area contributed by atoms with Gasteiger partial charge < -0.3 is 15.8 Å². The number of carbonyl (C=O) groups is 2. The number of hydrogen-bond donors (Lipinski definition) is 2. The van der Waals surface area contributed by atoms with Crippen molar-refractivity contribution in [3.05, 3.63) is 61.8 Å². The third kappa shape index (κ3) is 4.64. The average Bonchev–Trinajstić information content (AvgIpc) is 3.07. The Morgan fingerprint density at radius 1 is 0.875 bits per heavy atom. The van der Waals surface area contributed by atoms with Crippen molar-refractivity contribution in [2.24, 2.45) is 0 Å². The number of benzene rings is 2. The van der Waals surface area contributed by atoms with Crippen LogP contribution in [0.25, 0.3) is 22.5 Å². The lowest BCUT2D eigenvalue weighted by Crippen LogP contribution is -2.25. The van der Waals surface area contributed by atoms with Crippen LogP contribution in [0.4, 0.5) is 22.7 Å². The van der Waals surface area contributed by atoms with Crippen LogP contribution in [0.2, 0.25) is 0 Å². The van der Waals surface area contributed by atoms with Crippen LogP contribution in [0.3, 0.4) is 0 Å². The van der Waals surface area contributed by atoms with E-state index in [0.29, 0.717) is 0 Å². The first-order chi connectivity index (χ1) is 15.0. The van der Waals surface area contributed by atoms with E-state index in [2.05, 4.69) is 20.4 Å². The van der Waals surface area contributed by atoms with Gasteiger partial charge in [0, 0.05) is 65.8 Å². The summed E-state index contributed by atoms with van der Waals surface area (Å²) in [4.78, 5) is 44.0. The second-order valence-corrected chi connectivity index (χ2v) is 6.54. The molecular formula is C18H14N6O8. The van der Waals surface area contributed by atoms with E-state index in [1.54, 1.807) is 0 Å². The van der Waals surface area contributed by atoms with Gasteiger partial charge in [0.1, 0.15) is 0 Å². The van der Waals surface area contributed by atoms with E-state index in [0.717, 1.165) is 24.3 Å². The van der Waals surface area contributed by atoms with Gasteiger partial charge in [-0.05, 0) is 17.0 Å². The monoisotopic (exact) mass is 442 g/mol. The van der Waals surface area contributed by atoms with Crippen LogP contribution in [0.15, 0.2) is 41.0 Å². The second-order valence-electron chi connectivity index (χ2n) is 6.54. The van der Waals surface area contributed by atoms with Gasteiger partial charge in [0.25, 0.3) is 17.1 Å². The fourth-order valence-corrected chi connectivity index (χ4v) is 2.94. The number of nitro benzene ring substituents is 2. The Kier molecular flexibility index (Phi) is 5.77. The fourth-order valence-electron chi connectivity index (χ4n) is 2.94. The summed E-state index contributed by atoms with van der Waals surface area (Å²) in [5.41, 5.74) is -1.23. The van der Waals surface area contributed by atoms with Crippen LogP contribution in [0.5, 0.6) is 0 Å². The van der Waals surface area contributed by atoms with Crippen LogP contribution in [0, 0.1) is 25.4 Å². The van der Waals surface area contributed by atoms with E-state index in [9.17, 15) is 35.0 Å². The normalized spacial score (nSPS) is 10.4. The van der Waals surface area contributed by atoms with Crippen LogP contribution in [0.1, 0.15) is 13.8 Å². The molecule has 0 aliphatic heterocycles. The third-order valence-electron chi connectivity index (χ3n) is 4.06. The van der Waals surface area contributed by atoms with Gasteiger partial charge in [-0.25, -0.2) is 0 Å². The summed E-state index contributed by atoms with van der Waals surface area (Å²) >= 11 is 0. The molecule has 14 nitrogen and oxygen atoms in total. The maximum Gasteiger partial charge on any atom is 0.272 e. The Morgan fingerprint density at radius 2 is 1.34 bits per heavy atom. The van der Waals surface area contributed by atoms with Crippen LogP contribution in [-0.4, -0.2) is 26.8 Å². The number of rotatable bonds is 6. The summed E-state index contributed by atoms with van der Waals surface area (Å²) in [5, 5.41) is 43.4. The Balaban J connectivity index is 2.23. The lowest BCUT2D eigenvalue weighted by atomic mass is 10.0. The molecule has 0 radical (unpaired) electrons. The number of anilines is 2. The van der Waals surface area contributed by atoms with Crippen molar-refractivity contribution in [1.82, 2.24) is 5.16 Å². The van der Waals surface area contributed by atoms with E-state index in [1.807, 2.05) is 0 Å². The Labute approximate surface area is 178 Å². The smallest absolute Gasteiger partial charge is 0.272 e. The molecule has 2 amide bonds. The number of carbonyl (C=O) groups excluding carboxylic acids is 2. The maximum atomic E-state index is 12.3. The molecule has 14 heteroatoms. The van der Waals surface area contributed by atoms with E-state index in [4.69, 9.17) is 0 Å². The molecule has 0 bridgehead atoms. The molecule has 3 rings (SSSR count). The van der Waals surface area contributed by atoms with Crippen LogP contribution >= 0.6 is 0 Å². The minimum atomic E-state index is -0.723. The van der Waals surface area contributed by atoms with Gasteiger partial charge >= 0.3 is 0 Å². The molecule has 164 valence electrons. The first kappa shape index (κ1) is 21.8. The highest BCUT2D eigenvalue weighted by molar-refractivity contribution is 5.92. The standard InChI is InChI=1S/C18H14N6O8/c1-9(25)19-13-3-11(5-15(7-13)22(27)28)17-18(24(31)32-21-17)12-4-14(20-10(2)26)8-16(6-12)23(29)30/h3-8H,1-2H3,(H,19,25)(H,20,26). The second kappa shape index (κ2) is 8.47. The molecule has 0 aliphatic rings. The third-order valence-corrected chi connectivity index (χ3v) is 4.06. The molecule has 0 unspecified atom stereocenters. The first-order valence-electron chi connectivity index (χ1n) is 8.79. The van der Waals surface area contributed by atoms with E-state index < -0.39 is 33.0 Å². The number of hydrogen-bond acceptors (Lipinski definition) is 9. The minimum absolute atomic E-state index is 0.0250. The average molecular weight is 442 g/mol. The number of nitro groups is 2. The molecule has 2 N–H and O–H groups in total. The molecule has 0 spiro atoms. The Morgan fingerprint density at radius 3 is 1.81 bits per heavy atom. The van der Waals surface area contributed by atoms with Gasteiger partial charge in [0.15, 0.2) is 0 Å². The predicted molar refractivity (Wildman–Crippen MR) is 108 cm³/mol. The molecule has 2 aromatic carbocycles. The summed E-state index contributed by atoms with van der Waals surface area (Å²) in [7, 11) is 0. The van der Waals surface area contributed by atoms with E-state index in [-0.39, 0.29) is 38.8 Å². The lowest BCUT2D eigenvalue weighted by Gasteiger charge is -2.06. The first-order valence-corrected chi connectivity index (χ1v) is 8.79. The molecule has 3 aromatic rings. The summed E-state index contributed by atoms with van der Waals surface area (Å²) < 4.78 is 4.64. The Bertz CT molecular complexity index is 1270. The van der Waals surface area contributed by atoms with Crippen LogP contribution in [-0.2, 0) is 9.59 Å². The largest absolute Gasteiger partial charge is 0.359 e. The van der Waals surface area contributed by atoms with Gasteiger partial charge in [-0.3, -0.25) is 34.4 Å². The summed E-state index contributed by atoms with van der Waals surface area (Å²) in [5.74, 6) is -0.995. The number of amides is 2. The van der Waals surface area contributed by atoms with Crippen molar-refractivity contribution >= 4 is 34.6 Å². The van der Waals surface area contributed by atoms with Crippen molar-refractivity contribution in [3.8, 4) is 22.5 Å². The molecule has 32 heavy (non-hydrogen) atoms. The SMILES string of the molecule is CC(=O)Nc1cc(-c2no[n+]([O-])c2-c2cc(NC(C)=O)cc([N+](=O)[O-])c2)cc([N+](=O)[O-])c1. The zero-order chi connectivity index (χ0) is 23.6. The molecular weight excluding hydrogens is 428 g/mol. The molecule has 0 saturated carbocycles. The topological polar surface area (TPSA) is 197 Å². The van der Waals surface area contributed by atoms with Gasteiger partial charge in [-0.2, -0.15) is 0 Å². The molecule has 0 saturated heterocycles. The zero-order valence-electron chi connectivity index (χ0n) is 16.5. The van der Waals surface area contributed by atoms with Crippen LogP contribution < -0.4 is 15.5 Å². The van der Waals surface area contributed by atoms with Crippen molar-refractivity contribution < 1.29 is 29.0 Å². The van der Waals surface area contributed by atoms with Crippen molar-refractivity contribution in [2.45, 2.75) is 13.8 Å². The quantitative estimate of drug-likeness (QED) is 0.327. The fraction of sp³-hybridized carbons (Fsp3) is 0.111. The molecule has 1 heterocycles. The molecule has 0 fully saturated rings.